The number of hydrogen-bond donors (Lipinski definition) is 2. The van der Waals surface area contributed by atoms with Gasteiger partial charge in [-0.2, -0.15) is 18.6 Å². The summed E-state index contributed by atoms with van der Waals surface area (Å²) >= 11 is 0. The average molecular weight is 1810 g/mol. The molecule has 4 aromatic heterocycles. The minimum atomic E-state index is -3.66. The van der Waals surface area contributed by atoms with Crippen LogP contribution in [0.3, 0.4) is 0 Å². The second-order valence-corrected chi connectivity index (χ2v) is 30.1. The van der Waals surface area contributed by atoms with Crippen molar-refractivity contribution in [3.05, 3.63) is 196 Å². The highest BCUT2D eigenvalue weighted by Gasteiger charge is 2.37. The molecule has 3 saturated heterocycles. The first-order chi connectivity index (χ1) is 65.9. The molecule has 135 heavy (non-hydrogen) atoms. The molecule has 20 nitrogen and oxygen atoms in total. The van der Waals surface area contributed by atoms with Crippen LogP contribution in [-0.4, -0.2) is 123 Å². The zero-order valence-corrected chi connectivity index (χ0v) is 75.2. The van der Waals surface area contributed by atoms with Crippen LogP contribution in [0.5, 0.6) is 17.2 Å². The molecule has 7 heterocycles. The fraction of sp³-hybridized carbons (Fsp3) is 0.261. The molecular weight excluding hydrogens is 1720 g/mol. The number of fused-ring (bicyclic) bond motifs is 2. The molecule has 0 unspecified atom stereocenters. The molecule has 9 aromatic rings. The summed E-state index contributed by atoms with van der Waals surface area (Å²) in [6, 6.07) is 40.0. The van der Waals surface area contributed by atoms with Crippen LogP contribution in [0.25, 0.3) is 22.1 Å². The SMILES string of the molecule is C#CC#CC.CC#CC#CC#CC#CC#CC#CC#CC#CC#CC#CC#CC#CC#CC#CC#CC#CC#CC#CC#CC.C[C@H](OS(C)(=O)=O)c1nc2c(cnn2C2CCOCC2)c(=O)[nH]1.C[C@H](c1nc2c(cnn2C2CCOCC2)c(=O)[nH]1)N1CC(Oc2ccc(F)cc2)C1.Fc1ccc(OC2CC(N(c3ccccc3)c3ccccc3)C2)cc1.Fc1ccc(OC2CCC2)cc1. The molecule has 24 heteroatoms. The number of aromatic amines is 2. The summed E-state index contributed by atoms with van der Waals surface area (Å²) in [5.41, 5.74) is 2.91. The smallest absolute Gasteiger partial charge is 0.265 e. The van der Waals surface area contributed by atoms with Gasteiger partial charge in [-0.3, -0.25) is 18.7 Å². The molecule has 5 aromatic carbocycles. The Kier molecular flexibility index (Phi) is 42.9. The van der Waals surface area contributed by atoms with E-state index in [0.717, 1.165) is 69.1 Å². The van der Waals surface area contributed by atoms with Gasteiger partial charge in [0.2, 0.25) is 0 Å². The quantitative estimate of drug-likeness (QED) is 0.0678. The Labute approximate surface area is 786 Å². The molecule has 5 aliphatic rings. The fourth-order valence-electron chi connectivity index (χ4n) is 12.5. The Bertz CT molecular complexity index is 7200. The number of aromatic nitrogens is 8. The van der Waals surface area contributed by atoms with Crippen LogP contribution in [-0.2, 0) is 23.8 Å². The van der Waals surface area contributed by atoms with Crippen molar-refractivity contribution in [2.45, 2.75) is 141 Å². The van der Waals surface area contributed by atoms with Crippen LogP contribution in [0.2, 0.25) is 0 Å². The van der Waals surface area contributed by atoms with Crippen molar-refractivity contribution in [1.82, 2.24) is 44.4 Å². The van der Waals surface area contributed by atoms with Crippen LogP contribution >= 0.6 is 0 Å². The van der Waals surface area contributed by atoms with Crippen molar-refractivity contribution >= 4 is 43.6 Å². The molecule has 0 radical (unpaired) electrons. The highest BCUT2D eigenvalue weighted by Crippen LogP contribution is 2.39. The normalized spacial score (nSPS) is 13.8. The van der Waals surface area contributed by atoms with Crippen molar-refractivity contribution in [3.8, 4) is 266 Å². The third-order valence-corrected chi connectivity index (χ3v) is 19.7. The Morgan fingerprint density at radius 3 is 1.04 bits per heavy atom. The summed E-state index contributed by atoms with van der Waals surface area (Å²) in [5.74, 6) is 105. The number of hydrogen-bond acceptors (Lipinski definition) is 16. The molecule has 2 N–H and O–H groups in total. The van der Waals surface area contributed by atoms with Gasteiger partial charge < -0.3 is 38.6 Å². The van der Waals surface area contributed by atoms with Gasteiger partial charge in [0, 0.05) is 188 Å². The van der Waals surface area contributed by atoms with Crippen molar-refractivity contribution < 1.29 is 49.5 Å². The van der Waals surface area contributed by atoms with Gasteiger partial charge in [-0.15, -0.1) is 6.42 Å². The lowest BCUT2D eigenvalue weighted by Gasteiger charge is -2.44. The minimum Gasteiger partial charge on any atom is -0.490 e. The van der Waals surface area contributed by atoms with Crippen molar-refractivity contribution in [3.63, 3.8) is 0 Å². The molecule has 2 saturated carbocycles. The van der Waals surface area contributed by atoms with E-state index in [-0.39, 0.29) is 64.7 Å². The highest BCUT2D eigenvalue weighted by molar-refractivity contribution is 7.86. The summed E-state index contributed by atoms with van der Waals surface area (Å²) < 4.78 is 97.6. The summed E-state index contributed by atoms with van der Waals surface area (Å²) in [7, 11) is -3.66. The highest BCUT2D eigenvalue weighted by atomic mass is 32.2. The minimum absolute atomic E-state index is 0.0288. The number of rotatable bonds is 16. The van der Waals surface area contributed by atoms with E-state index in [2.05, 4.69) is 326 Å². The Hall–Kier alpha value is -17.7. The van der Waals surface area contributed by atoms with Gasteiger partial charge in [0.25, 0.3) is 21.2 Å². The van der Waals surface area contributed by atoms with Crippen molar-refractivity contribution in [1.29, 1.82) is 0 Å². The molecule has 0 bridgehead atoms. The number of nitrogens with one attached hydrogen (secondary N) is 2. The van der Waals surface area contributed by atoms with E-state index >= 15 is 0 Å². The number of terminal acetylenes is 1. The van der Waals surface area contributed by atoms with Gasteiger partial charge in [-0.1, -0.05) is 54.2 Å². The van der Waals surface area contributed by atoms with Crippen LogP contribution in [0, 0.1) is 267 Å². The zero-order valence-electron chi connectivity index (χ0n) is 74.4. The number of para-hydroxylation sites is 2. The number of halogens is 3. The summed E-state index contributed by atoms with van der Waals surface area (Å²) in [5, 5.41) is 9.60. The number of benzene rings is 5. The van der Waals surface area contributed by atoms with Crippen LogP contribution in [0.1, 0.15) is 128 Å². The fourth-order valence-corrected chi connectivity index (χ4v) is 13.1. The zero-order chi connectivity index (χ0) is 95.7. The van der Waals surface area contributed by atoms with Gasteiger partial charge in [-0.05, 0) is 283 Å². The molecule has 3 aliphatic heterocycles. The lowest BCUT2D eigenvalue weighted by molar-refractivity contribution is -0.00739. The second-order valence-electron chi connectivity index (χ2n) is 28.5. The molecule has 0 amide bonds. The Balaban J connectivity index is 0.000000193. The molecule has 14 rings (SSSR count). The van der Waals surface area contributed by atoms with E-state index in [1.165, 1.54) is 67.3 Å². The van der Waals surface area contributed by atoms with E-state index in [0.29, 0.717) is 85.3 Å². The van der Waals surface area contributed by atoms with Gasteiger partial charge in [-0.25, -0.2) is 32.5 Å². The van der Waals surface area contributed by atoms with Crippen molar-refractivity contribution in [2.24, 2.45) is 0 Å². The third-order valence-electron chi connectivity index (χ3n) is 19.1. The number of H-pyrrole nitrogens is 2. The van der Waals surface area contributed by atoms with E-state index in [1.807, 2.05) is 23.7 Å². The number of anilines is 2. The van der Waals surface area contributed by atoms with Gasteiger partial charge in [0.15, 0.2) is 11.3 Å². The van der Waals surface area contributed by atoms with E-state index < -0.39 is 16.2 Å². The van der Waals surface area contributed by atoms with Gasteiger partial charge in [0.1, 0.15) is 75.4 Å². The van der Waals surface area contributed by atoms with Crippen molar-refractivity contribution in [2.75, 3.05) is 50.7 Å². The Morgan fingerprint density at radius 2 is 0.733 bits per heavy atom. The largest absolute Gasteiger partial charge is 0.490 e. The molecule has 5 fully saturated rings. The van der Waals surface area contributed by atoms with E-state index in [9.17, 15) is 31.2 Å². The topological polar surface area (TPSA) is 223 Å². The first-order valence-corrected chi connectivity index (χ1v) is 43.8. The third kappa shape index (κ3) is 36.4. The van der Waals surface area contributed by atoms with Crippen LogP contribution in [0.4, 0.5) is 24.5 Å². The van der Waals surface area contributed by atoms with Crippen LogP contribution < -0.4 is 30.2 Å². The first kappa shape index (κ1) is 101. The first-order valence-electron chi connectivity index (χ1n) is 42.0. The average Bonchev–Trinajstić information content (AvgIpc) is 1.65. The maximum Gasteiger partial charge on any atom is 0.265 e. The number of likely N-dealkylation sites (tertiary alicyclic amines) is 1. The molecule has 664 valence electrons. The van der Waals surface area contributed by atoms with Gasteiger partial charge >= 0.3 is 0 Å². The maximum absolute atomic E-state index is 13.0. The lowest BCUT2D eigenvalue weighted by Crippen LogP contribution is -2.54. The summed E-state index contributed by atoms with van der Waals surface area (Å²) in [4.78, 5) is 44.0. The molecule has 2 aliphatic carbocycles. The summed E-state index contributed by atoms with van der Waals surface area (Å²) in [6.45, 7) is 12.7. The van der Waals surface area contributed by atoms with E-state index in [1.54, 1.807) is 68.0 Å². The molecule has 2 atom stereocenters. The Morgan fingerprint density at radius 1 is 0.422 bits per heavy atom. The van der Waals surface area contributed by atoms with Gasteiger partial charge in [0.05, 0.1) is 42.9 Å². The molecule has 0 spiro atoms. The lowest BCUT2D eigenvalue weighted by atomic mass is 9.87. The van der Waals surface area contributed by atoms with Crippen LogP contribution in [0.15, 0.2) is 155 Å². The standard InChI is InChI=1S/C40H6.C22H20FNO.C21H24FN5O3.C13H18N4O5S.C10H11FO.C5H4/c1-3-5-7-9-11-13-15-17-19-21-23-25-27-29-31-33-35-37-39-40-38-36-34-32-30-28-26-24-22-20-18-16-14-12-10-8-6-4-2;23-17-11-13-21(14-12-17)25-22-15-20(16-22)24(18-7-3-1-4-8-18)19-9-5-2-6-10-19;1-13(26-11-17(12-26)30-16-4-2-14(22)3-5-16)19-24-20-18(21(28)25-19)10-23-27(20)15-6-8-29-9-7-15;1-8(22-23(2,19)20)11-15-12-10(13(18)16-11)7-14-17(12)9-3-5-21-6-4-9;11-8-4-6-10(7-5-8)12-9-2-1-3-9;1-3-5-4-2/h1-2H3;1-14,20,22H,15-16H2;2-5,10,13,15,17H,6-9,11-12H2,1H3,(H,24,25,28);7-9H,3-6H2,1-2H3,(H,15,16,18);4-7,9H,1-3H2;1H,2H3/t;;13-;8-;;/m..10../s1. The predicted octanol–water partition coefficient (Wildman–Crippen LogP) is 13.0. The molecular formula is C111H83F3N10O10S. The predicted molar refractivity (Wildman–Crippen MR) is 515 cm³/mol. The van der Waals surface area contributed by atoms with E-state index in [4.69, 9.17) is 39.3 Å². The maximum atomic E-state index is 13.0. The monoisotopic (exact) mass is 1800 g/mol. The second kappa shape index (κ2) is 57.3. The summed E-state index contributed by atoms with van der Waals surface area (Å²) in [6.07, 6.45) is 17.1. The number of ether oxygens (including phenoxy) is 5. The number of nitrogens with zero attached hydrogens (tertiary/aromatic N) is 8.